The Kier molecular flexibility index (Phi) is 2.51. The van der Waals surface area contributed by atoms with E-state index in [0.29, 0.717) is 6.54 Å². The Morgan fingerprint density at radius 2 is 2.57 bits per heavy atom. The van der Waals surface area contributed by atoms with Crippen LogP contribution in [-0.2, 0) is 17.8 Å². The van der Waals surface area contributed by atoms with Crippen molar-refractivity contribution < 1.29 is 4.79 Å². The molecule has 4 heteroatoms. The smallest absolute Gasteiger partial charge is 0.237 e. The summed E-state index contributed by atoms with van der Waals surface area (Å²) in [6.07, 6.45) is 0.934. The van der Waals surface area contributed by atoms with E-state index in [-0.39, 0.29) is 12.3 Å². The topological polar surface area (TPSA) is 44.1 Å². The first-order valence-corrected chi connectivity index (χ1v) is 5.39. The van der Waals surface area contributed by atoms with Gasteiger partial charge in [-0.15, -0.1) is 11.3 Å². The van der Waals surface area contributed by atoms with E-state index in [1.54, 1.807) is 16.2 Å². The van der Waals surface area contributed by atoms with Crippen LogP contribution in [0.2, 0.25) is 0 Å². The molecule has 0 bridgehead atoms. The summed E-state index contributed by atoms with van der Waals surface area (Å²) in [5, 5.41) is 10.5. The van der Waals surface area contributed by atoms with Crippen LogP contribution in [0, 0.1) is 11.3 Å². The summed E-state index contributed by atoms with van der Waals surface area (Å²) in [5.41, 5.74) is 1.24. The number of rotatable bonds is 1. The molecule has 1 aliphatic rings. The number of thiophene rings is 1. The van der Waals surface area contributed by atoms with Crippen LogP contribution < -0.4 is 0 Å². The number of nitriles is 1. The number of carbonyl (C=O) groups is 1. The third-order valence-corrected chi connectivity index (χ3v) is 3.41. The van der Waals surface area contributed by atoms with Crippen molar-refractivity contribution in [3.05, 3.63) is 21.9 Å². The summed E-state index contributed by atoms with van der Waals surface area (Å²) in [5.74, 6) is -0.0515. The molecule has 0 radical (unpaired) electrons. The van der Waals surface area contributed by atoms with Crippen LogP contribution >= 0.6 is 11.3 Å². The molecule has 0 unspecified atom stereocenters. The number of hydrogen-bond acceptors (Lipinski definition) is 3. The molecule has 2 heterocycles. The third-order valence-electron chi connectivity index (χ3n) is 2.39. The largest absolute Gasteiger partial charge is 0.337 e. The van der Waals surface area contributed by atoms with Crippen LogP contribution in [0.5, 0.6) is 0 Å². The van der Waals surface area contributed by atoms with Crippen LogP contribution in [0.15, 0.2) is 11.4 Å². The maximum absolute atomic E-state index is 11.4. The molecule has 1 amide bonds. The SMILES string of the molecule is N#CCC(=O)N1CCc2sccc2C1. The van der Waals surface area contributed by atoms with Crippen molar-refractivity contribution >= 4 is 17.2 Å². The van der Waals surface area contributed by atoms with Crippen molar-refractivity contribution in [2.45, 2.75) is 19.4 Å². The lowest BCUT2D eigenvalue weighted by atomic mass is 10.1. The van der Waals surface area contributed by atoms with Gasteiger partial charge in [0.15, 0.2) is 0 Å². The zero-order valence-corrected chi connectivity index (χ0v) is 8.51. The van der Waals surface area contributed by atoms with Crippen LogP contribution in [0.4, 0.5) is 0 Å². The molecule has 2 rings (SSSR count). The normalized spacial score (nSPS) is 14.6. The second-order valence-corrected chi connectivity index (χ2v) is 4.27. The number of nitrogens with zero attached hydrogens (tertiary/aromatic N) is 2. The lowest BCUT2D eigenvalue weighted by Crippen LogP contribution is -2.34. The van der Waals surface area contributed by atoms with Gasteiger partial charge in [-0.2, -0.15) is 5.26 Å². The fourth-order valence-corrected chi connectivity index (χ4v) is 2.53. The first-order valence-electron chi connectivity index (χ1n) is 4.51. The minimum Gasteiger partial charge on any atom is -0.337 e. The highest BCUT2D eigenvalue weighted by molar-refractivity contribution is 7.10. The van der Waals surface area contributed by atoms with E-state index >= 15 is 0 Å². The van der Waals surface area contributed by atoms with Gasteiger partial charge in [0, 0.05) is 18.0 Å². The molecule has 1 aliphatic heterocycles. The maximum Gasteiger partial charge on any atom is 0.237 e. The molecule has 3 nitrogen and oxygen atoms in total. The van der Waals surface area contributed by atoms with Gasteiger partial charge in [0.25, 0.3) is 0 Å². The van der Waals surface area contributed by atoms with Crippen molar-refractivity contribution in [3.63, 3.8) is 0 Å². The van der Waals surface area contributed by atoms with Gasteiger partial charge in [0.05, 0.1) is 6.07 Å². The Hall–Kier alpha value is -1.34. The average Bonchev–Trinajstić information content (AvgIpc) is 2.64. The monoisotopic (exact) mass is 206 g/mol. The summed E-state index contributed by atoms with van der Waals surface area (Å²) >= 11 is 1.75. The van der Waals surface area contributed by atoms with Crippen LogP contribution in [0.1, 0.15) is 16.9 Å². The average molecular weight is 206 g/mol. The van der Waals surface area contributed by atoms with Gasteiger partial charge in [-0.25, -0.2) is 0 Å². The van der Waals surface area contributed by atoms with E-state index in [9.17, 15) is 4.79 Å². The van der Waals surface area contributed by atoms with Crippen LogP contribution in [-0.4, -0.2) is 17.4 Å². The number of hydrogen-bond donors (Lipinski definition) is 0. The van der Waals surface area contributed by atoms with E-state index in [1.807, 2.05) is 6.07 Å². The van der Waals surface area contributed by atoms with Gasteiger partial charge in [0.2, 0.25) is 5.91 Å². The number of amides is 1. The van der Waals surface area contributed by atoms with Crippen molar-refractivity contribution in [2.24, 2.45) is 0 Å². The quantitative estimate of drug-likeness (QED) is 0.699. The Labute approximate surface area is 86.6 Å². The number of carbonyl (C=O) groups excluding carboxylic acids is 1. The minimum atomic E-state index is -0.0515. The minimum absolute atomic E-state index is 0.000525. The second-order valence-electron chi connectivity index (χ2n) is 3.27. The van der Waals surface area contributed by atoms with Crippen molar-refractivity contribution in [3.8, 4) is 6.07 Å². The molecular formula is C10H10N2OS. The van der Waals surface area contributed by atoms with Crippen molar-refractivity contribution in [1.82, 2.24) is 4.90 Å². The van der Waals surface area contributed by atoms with E-state index in [2.05, 4.69) is 11.4 Å². The van der Waals surface area contributed by atoms with Gasteiger partial charge in [-0.1, -0.05) is 0 Å². The van der Waals surface area contributed by atoms with Gasteiger partial charge >= 0.3 is 0 Å². The summed E-state index contributed by atoms with van der Waals surface area (Å²) in [7, 11) is 0. The Bertz CT molecular complexity index is 391. The highest BCUT2D eigenvalue weighted by Crippen LogP contribution is 2.24. The first kappa shape index (κ1) is 9.22. The van der Waals surface area contributed by atoms with E-state index in [1.165, 1.54) is 10.4 Å². The molecule has 14 heavy (non-hydrogen) atoms. The molecule has 1 aromatic heterocycles. The van der Waals surface area contributed by atoms with Crippen molar-refractivity contribution in [2.75, 3.05) is 6.54 Å². The molecule has 72 valence electrons. The highest BCUT2D eigenvalue weighted by atomic mass is 32.1. The van der Waals surface area contributed by atoms with Gasteiger partial charge in [-0.05, 0) is 23.4 Å². The number of fused-ring (bicyclic) bond motifs is 1. The Morgan fingerprint density at radius 1 is 1.71 bits per heavy atom. The lowest BCUT2D eigenvalue weighted by Gasteiger charge is -2.26. The lowest BCUT2D eigenvalue weighted by molar-refractivity contribution is -0.131. The van der Waals surface area contributed by atoms with Crippen molar-refractivity contribution in [1.29, 1.82) is 5.26 Å². The third kappa shape index (κ3) is 1.64. The molecule has 0 atom stereocenters. The molecule has 0 fully saturated rings. The Morgan fingerprint density at radius 3 is 3.36 bits per heavy atom. The highest BCUT2D eigenvalue weighted by Gasteiger charge is 2.20. The fraction of sp³-hybridized carbons (Fsp3) is 0.400. The second kappa shape index (κ2) is 3.81. The summed E-state index contributed by atoms with van der Waals surface area (Å²) < 4.78 is 0. The first-order chi connectivity index (χ1) is 6.81. The molecular weight excluding hydrogens is 196 g/mol. The molecule has 0 N–H and O–H groups in total. The summed E-state index contributed by atoms with van der Waals surface area (Å²) in [6.45, 7) is 1.44. The molecule has 0 saturated heterocycles. The van der Waals surface area contributed by atoms with E-state index in [4.69, 9.17) is 5.26 Å². The maximum atomic E-state index is 11.4. The van der Waals surface area contributed by atoms with Gasteiger partial charge in [0.1, 0.15) is 6.42 Å². The fourth-order valence-electron chi connectivity index (χ4n) is 1.64. The Balaban J connectivity index is 2.08. The molecule has 0 aliphatic carbocycles. The van der Waals surface area contributed by atoms with Gasteiger partial charge < -0.3 is 4.90 Å². The van der Waals surface area contributed by atoms with E-state index < -0.39 is 0 Å². The molecule has 0 aromatic carbocycles. The predicted molar refractivity (Wildman–Crippen MR) is 53.7 cm³/mol. The molecule has 1 aromatic rings. The molecule has 0 spiro atoms. The summed E-state index contributed by atoms with van der Waals surface area (Å²) in [4.78, 5) is 14.6. The van der Waals surface area contributed by atoms with Gasteiger partial charge in [-0.3, -0.25) is 4.79 Å². The van der Waals surface area contributed by atoms with E-state index in [0.717, 1.165) is 13.0 Å². The van der Waals surface area contributed by atoms with Crippen LogP contribution in [0.25, 0.3) is 0 Å². The zero-order valence-electron chi connectivity index (χ0n) is 7.69. The zero-order chi connectivity index (χ0) is 9.97. The predicted octanol–water partition coefficient (Wildman–Crippen LogP) is 1.55. The molecule has 0 saturated carbocycles. The standard InChI is InChI=1S/C10H10N2OS/c11-4-1-10(13)12-5-2-9-8(7-12)3-6-14-9/h3,6H,1-2,5,7H2. The van der Waals surface area contributed by atoms with Crippen LogP contribution in [0.3, 0.4) is 0 Å². The summed E-state index contributed by atoms with van der Waals surface area (Å²) in [6, 6.07) is 3.96.